The number of anilines is 2. The molecule has 0 atom stereocenters. The average Bonchev–Trinajstić information content (AvgIpc) is 2.51. The Kier molecular flexibility index (Phi) is 5.44. The third-order valence-corrected chi connectivity index (χ3v) is 4.56. The number of aryl methyl sites for hydroxylation is 1. The third-order valence-electron chi connectivity index (χ3n) is 4.07. The standard InChI is InChI=1S/C19H21BrN2O2/c1-12-7-5-10-16(13(12)2)22-18(24)19(3,4)17(23)21-15-9-6-8-14(20)11-15/h5-11H,1-4H3,(H,21,23)(H,22,24). The second-order valence-corrected chi connectivity index (χ2v) is 7.21. The fourth-order valence-corrected chi connectivity index (χ4v) is 2.52. The lowest BCUT2D eigenvalue weighted by Gasteiger charge is -2.23. The lowest BCUT2D eigenvalue weighted by atomic mass is 9.90. The van der Waals surface area contributed by atoms with Gasteiger partial charge in [0.25, 0.3) is 0 Å². The second-order valence-electron chi connectivity index (χ2n) is 6.29. The van der Waals surface area contributed by atoms with Gasteiger partial charge in [-0.2, -0.15) is 0 Å². The van der Waals surface area contributed by atoms with Crippen LogP contribution in [-0.4, -0.2) is 11.8 Å². The van der Waals surface area contributed by atoms with Gasteiger partial charge in [-0.3, -0.25) is 9.59 Å². The van der Waals surface area contributed by atoms with E-state index in [4.69, 9.17) is 0 Å². The van der Waals surface area contributed by atoms with Crippen molar-refractivity contribution in [2.75, 3.05) is 10.6 Å². The highest BCUT2D eigenvalue weighted by Crippen LogP contribution is 2.25. The van der Waals surface area contributed by atoms with Crippen molar-refractivity contribution in [3.8, 4) is 0 Å². The summed E-state index contributed by atoms with van der Waals surface area (Å²) < 4.78 is 0.859. The summed E-state index contributed by atoms with van der Waals surface area (Å²) in [5.74, 6) is -0.702. The number of halogens is 1. The van der Waals surface area contributed by atoms with Gasteiger partial charge in [-0.05, 0) is 63.1 Å². The van der Waals surface area contributed by atoms with Gasteiger partial charge in [0.2, 0.25) is 11.8 Å². The van der Waals surface area contributed by atoms with Crippen LogP contribution in [0.2, 0.25) is 0 Å². The van der Waals surface area contributed by atoms with Gasteiger partial charge in [0.05, 0.1) is 0 Å². The first kappa shape index (κ1) is 18.2. The molecule has 5 heteroatoms. The number of benzene rings is 2. The summed E-state index contributed by atoms with van der Waals surface area (Å²) >= 11 is 3.36. The molecule has 2 aromatic carbocycles. The maximum Gasteiger partial charge on any atom is 0.239 e. The molecular formula is C19H21BrN2O2. The first-order valence-corrected chi connectivity index (χ1v) is 8.46. The van der Waals surface area contributed by atoms with Crippen LogP contribution in [0, 0.1) is 19.3 Å². The van der Waals surface area contributed by atoms with E-state index < -0.39 is 5.41 Å². The van der Waals surface area contributed by atoms with Crippen LogP contribution in [0.3, 0.4) is 0 Å². The first-order valence-electron chi connectivity index (χ1n) is 7.66. The van der Waals surface area contributed by atoms with Crippen LogP contribution in [0.25, 0.3) is 0 Å². The van der Waals surface area contributed by atoms with Gasteiger partial charge in [0.1, 0.15) is 5.41 Å². The largest absolute Gasteiger partial charge is 0.325 e. The van der Waals surface area contributed by atoms with Crippen molar-refractivity contribution in [1.82, 2.24) is 0 Å². The zero-order valence-electron chi connectivity index (χ0n) is 14.2. The molecule has 0 saturated carbocycles. The van der Waals surface area contributed by atoms with Crippen LogP contribution in [0.4, 0.5) is 11.4 Å². The van der Waals surface area contributed by atoms with Gasteiger partial charge in [0, 0.05) is 15.8 Å². The van der Waals surface area contributed by atoms with Crippen LogP contribution < -0.4 is 10.6 Å². The van der Waals surface area contributed by atoms with E-state index in [-0.39, 0.29) is 11.8 Å². The minimum absolute atomic E-state index is 0.344. The Labute approximate surface area is 150 Å². The smallest absolute Gasteiger partial charge is 0.239 e. The third kappa shape index (κ3) is 4.03. The zero-order valence-corrected chi connectivity index (χ0v) is 15.8. The van der Waals surface area contributed by atoms with Crippen LogP contribution in [0.1, 0.15) is 25.0 Å². The molecule has 0 fully saturated rings. The summed E-state index contributed by atoms with van der Waals surface area (Å²) in [6, 6.07) is 13.0. The SMILES string of the molecule is Cc1cccc(NC(=O)C(C)(C)C(=O)Nc2cccc(Br)c2)c1C. The molecular weight excluding hydrogens is 368 g/mol. The van der Waals surface area contributed by atoms with Crippen LogP contribution in [0.5, 0.6) is 0 Å². The van der Waals surface area contributed by atoms with Crippen molar-refractivity contribution in [2.45, 2.75) is 27.7 Å². The van der Waals surface area contributed by atoms with E-state index in [1.165, 1.54) is 0 Å². The Morgan fingerprint density at radius 2 is 1.58 bits per heavy atom. The first-order chi connectivity index (χ1) is 11.2. The van der Waals surface area contributed by atoms with Crippen LogP contribution >= 0.6 is 15.9 Å². The molecule has 126 valence electrons. The maximum absolute atomic E-state index is 12.6. The fourth-order valence-electron chi connectivity index (χ4n) is 2.12. The van der Waals surface area contributed by atoms with Crippen molar-refractivity contribution < 1.29 is 9.59 Å². The monoisotopic (exact) mass is 388 g/mol. The summed E-state index contributed by atoms with van der Waals surface area (Å²) in [5.41, 5.74) is 2.24. The molecule has 0 radical (unpaired) electrons. The number of carbonyl (C=O) groups excluding carboxylic acids is 2. The van der Waals surface area contributed by atoms with Crippen LogP contribution in [-0.2, 0) is 9.59 Å². The topological polar surface area (TPSA) is 58.2 Å². The Morgan fingerprint density at radius 1 is 0.958 bits per heavy atom. The van der Waals surface area contributed by atoms with E-state index >= 15 is 0 Å². The molecule has 0 spiro atoms. The molecule has 24 heavy (non-hydrogen) atoms. The van der Waals surface area contributed by atoms with Crippen molar-refractivity contribution in [2.24, 2.45) is 5.41 Å². The van der Waals surface area contributed by atoms with E-state index in [0.717, 1.165) is 21.3 Å². The molecule has 0 unspecified atom stereocenters. The van der Waals surface area contributed by atoms with Gasteiger partial charge >= 0.3 is 0 Å². The Hall–Kier alpha value is -2.14. The van der Waals surface area contributed by atoms with Gasteiger partial charge in [-0.1, -0.05) is 34.1 Å². The molecule has 2 rings (SSSR count). The molecule has 4 nitrogen and oxygen atoms in total. The lowest BCUT2D eigenvalue weighted by molar-refractivity contribution is -0.135. The van der Waals surface area contributed by atoms with Crippen molar-refractivity contribution in [3.05, 3.63) is 58.1 Å². The minimum atomic E-state index is -1.21. The molecule has 0 aliphatic heterocycles. The molecule has 2 N–H and O–H groups in total. The molecule has 0 bridgehead atoms. The molecule has 0 saturated heterocycles. The normalized spacial score (nSPS) is 11.0. The number of carbonyl (C=O) groups is 2. The van der Waals surface area contributed by atoms with Crippen LogP contribution in [0.15, 0.2) is 46.9 Å². The Bertz CT molecular complexity index is 785. The molecule has 0 heterocycles. The number of hydrogen-bond acceptors (Lipinski definition) is 2. The number of rotatable bonds is 4. The number of hydrogen-bond donors (Lipinski definition) is 2. The molecule has 2 amide bonds. The summed E-state index contributed by atoms with van der Waals surface area (Å²) in [7, 11) is 0. The Morgan fingerprint density at radius 3 is 2.25 bits per heavy atom. The van der Waals surface area contributed by atoms with Gasteiger partial charge in [0.15, 0.2) is 0 Å². The van der Waals surface area contributed by atoms with E-state index in [2.05, 4.69) is 26.6 Å². The number of amides is 2. The van der Waals surface area contributed by atoms with E-state index in [1.807, 2.05) is 44.2 Å². The zero-order chi connectivity index (χ0) is 17.9. The molecule has 0 aromatic heterocycles. The van der Waals surface area contributed by atoms with Crippen molar-refractivity contribution in [1.29, 1.82) is 0 Å². The number of nitrogens with one attached hydrogen (secondary N) is 2. The van der Waals surface area contributed by atoms with Gasteiger partial charge in [-0.15, -0.1) is 0 Å². The van der Waals surface area contributed by atoms with Crippen molar-refractivity contribution in [3.63, 3.8) is 0 Å². The van der Waals surface area contributed by atoms with Crippen molar-refractivity contribution >= 4 is 39.1 Å². The summed E-state index contributed by atoms with van der Waals surface area (Å²) in [6.45, 7) is 7.15. The Balaban J connectivity index is 2.14. The summed E-state index contributed by atoms with van der Waals surface area (Å²) in [6.07, 6.45) is 0. The fraction of sp³-hybridized carbons (Fsp3) is 0.263. The quantitative estimate of drug-likeness (QED) is 0.747. The molecule has 0 aliphatic rings. The summed E-state index contributed by atoms with van der Waals surface area (Å²) in [4.78, 5) is 25.2. The highest BCUT2D eigenvalue weighted by Gasteiger charge is 2.36. The minimum Gasteiger partial charge on any atom is -0.325 e. The van der Waals surface area contributed by atoms with E-state index in [1.54, 1.807) is 26.0 Å². The average molecular weight is 389 g/mol. The van der Waals surface area contributed by atoms with Gasteiger partial charge < -0.3 is 10.6 Å². The highest BCUT2D eigenvalue weighted by molar-refractivity contribution is 9.10. The molecule has 0 aliphatic carbocycles. The lowest BCUT2D eigenvalue weighted by Crippen LogP contribution is -2.41. The van der Waals surface area contributed by atoms with E-state index in [9.17, 15) is 9.59 Å². The predicted molar refractivity (Wildman–Crippen MR) is 101 cm³/mol. The van der Waals surface area contributed by atoms with Gasteiger partial charge in [-0.25, -0.2) is 0 Å². The molecule has 2 aromatic rings. The highest BCUT2D eigenvalue weighted by atomic mass is 79.9. The predicted octanol–water partition coefficient (Wildman–Crippen LogP) is 4.67. The van der Waals surface area contributed by atoms with E-state index in [0.29, 0.717) is 5.69 Å². The summed E-state index contributed by atoms with van der Waals surface area (Å²) in [5, 5.41) is 5.65. The maximum atomic E-state index is 12.6. The second kappa shape index (κ2) is 7.18.